The molecule has 0 amide bonds. The van der Waals surface area contributed by atoms with E-state index in [1.165, 1.54) is 0 Å². The molecule has 0 radical (unpaired) electrons. The van der Waals surface area contributed by atoms with E-state index in [-0.39, 0.29) is 5.12 Å². The zero-order valence-corrected chi connectivity index (χ0v) is 14.5. The van der Waals surface area contributed by atoms with E-state index < -0.39 is 0 Å². The Bertz CT molecular complexity index is 615. The first-order valence-corrected chi connectivity index (χ1v) is 8.38. The molecule has 0 bridgehead atoms. The first-order valence-electron chi connectivity index (χ1n) is 6.58. The number of aliphatic imine (C=N–C) groups is 1. The SMILES string of the molecule is CCSC1=NC(=Cc2c(OC)cc(OC)cc2OC)C(=O)S1. The van der Waals surface area contributed by atoms with Gasteiger partial charge in [-0.1, -0.05) is 18.7 Å². The molecule has 5 nitrogen and oxygen atoms in total. The Morgan fingerprint density at radius 1 is 1.18 bits per heavy atom. The number of nitrogens with zero attached hydrogens (tertiary/aromatic N) is 1. The normalized spacial score (nSPS) is 15.9. The highest BCUT2D eigenvalue weighted by Gasteiger charge is 2.23. The van der Waals surface area contributed by atoms with Gasteiger partial charge < -0.3 is 14.2 Å². The lowest BCUT2D eigenvalue weighted by atomic mass is 10.1. The van der Waals surface area contributed by atoms with E-state index in [0.717, 1.165) is 21.9 Å². The Hall–Kier alpha value is -1.60. The highest BCUT2D eigenvalue weighted by Crippen LogP contribution is 2.38. The minimum absolute atomic E-state index is 0.0733. The molecule has 0 saturated heterocycles. The summed E-state index contributed by atoms with van der Waals surface area (Å²) in [6.07, 6.45) is 1.69. The molecule has 0 atom stereocenters. The number of carbonyl (C=O) groups excluding carboxylic acids is 1. The third-order valence-electron chi connectivity index (χ3n) is 2.90. The Balaban J connectivity index is 2.48. The maximum atomic E-state index is 12.0. The highest BCUT2D eigenvalue weighted by atomic mass is 32.2. The maximum Gasteiger partial charge on any atom is 0.244 e. The Morgan fingerprint density at radius 2 is 1.82 bits per heavy atom. The van der Waals surface area contributed by atoms with E-state index in [2.05, 4.69) is 4.99 Å². The zero-order valence-electron chi connectivity index (χ0n) is 12.8. The molecule has 1 heterocycles. The average molecular weight is 339 g/mol. The van der Waals surface area contributed by atoms with Crippen LogP contribution in [0.25, 0.3) is 6.08 Å². The van der Waals surface area contributed by atoms with Gasteiger partial charge in [0.15, 0.2) is 0 Å². The van der Waals surface area contributed by atoms with Crippen LogP contribution >= 0.6 is 23.5 Å². The summed E-state index contributed by atoms with van der Waals surface area (Å²) < 4.78 is 16.7. The number of carbonyl (C=O) groups is 1. The van der Waals surface area contributed by atoms with E-state index >= 15 is 0 Å². The van der Waals surface area contributed by atoms with Gasteiger partial charge >= 0.3 is 0 Å². The van der Waals surface area contributed by atoms with Crippen molar-refractivity contribution in [2.45, 2.75) is 6.92 Å². The van der Waals surface area contributed by atoms with Crippen LogP contribution in [0.5, 0.6) is 17.2 Å². The lowest BCUT2D eigenvalue weighted by Crippen LogP contribution is -1.96. The summed E-state index contributed by atoms with van der Waals surface area (Å²) in [7, 11) is 4.69. The molecule has 118 valence electrons. The summed E-state index contributed by atoms with van der Waals surface area (Å²) in [5.74, 6) is 2.62. The monoisotopic (exact) mass is 339 g/mol. The molecule has 0 spiro atoms. The summed E-state index contributed by atoms with van der Waals surface area (Å²) in [5, 5.41) is -0.0733. The van der Waals surface area contributed by atoms with Gasteiger partial charge in [-0.15, -0.1) is 0 Å². The lowest BCUT2D eigenvalue weighted by molar-refractivity contribution is -0.107. The highest BCUT2D eigenvalue weighted by molar-refractivity contribution is 8.45. The van der Waals surface area contributed by atoms with E-state index in [0.29, 0.717) is 28.5 Å². The van der Waals surface area contributed by atoms with Gasteiger partial charge in [-0.05, 0) is 23.6 Å². The largest absolute Gasteiger partial charge is 0.496 e. The van der Waals surface area contributed by atoms with Gasteiger partial charge in [-0.2, -0.15) is 0 Å². The molecular formula is C15H17NO4S2. The number of thioether (sulfide) groups is 2. The van der Waals surface area contributed by atoms with Crippen LogP contribution in [0.3, 0.4) is 0 Å². The van der Waals surface area contributed by atoms with Crippen molar-refractivity contribution in [2.24, 2.45) is 4.99 Å². The Labute approximate surface area is 138 Å². The van der Waals surface area contributed by atoms with E-state index in [4.69, 9.17) is 14.2 Å². The van der Waals surface area contributed by atoms with Crippen molar-refractivity contribution in [1.29, 1.82) is 0 Å². The van der Waals surface area contributed by atoms with Crippen molar-refractivity contribution in [3.05, 3.63) is 23.4 Å². The quantitative estimate of drug-likeness (QED) is 0.766. The lowest BCUT2D eigenvalue weighted by Gasteiger charge is -2.12. The zero-order chi connectivity index (χ0) is 16.1. The predicted octanol–water partition coefficient (Wildman–Crippen LogP) is 3.44. The fourth-order valence-corrected chi connectivity index (χ4v) is 3.62. The van der Waals surface area contributed by atoms with Crippen molar-refractivity contribution in [2.75, 3.05) is 27.1 Å². The van der Waals surface area contributed by atoms with Crippen LogP contribution in [0.1, 0.15) is 12.5 Å². The van der Waals surface area contributed by atoms with Gasteiger partial charge in [0, 0.05) is 12.1 Å². The molecule has 1 aromatic carbocycles. The van der Waals surface area contributed by atoms with Crippen LogP contribution in [-0.4, -0.2) is 36.6 Å². The second-order valence-corrected chi connectivity index (χ2v) is 6.65. The minimum atomic E-state index is -0.0733. The van der Waals surface area contributed by atoms with Gasteiger partial charge in [-0.25, -0.2) is 4.99 Å². The molecule has 0 fully saturated rings. The molecule has 0 unspecified atom stereocenters. The van der Waals surface area contributed by atoms with Crippen LogP contribution in [0, 0.1) is 0 Å². The van der Waals surface area contributed by atoms with Gasteiger partial charge in [0.05, 0.1) is 26.9 Å². The number of rotatable bonds is 5. The van der Waals surface area contributed by atoms with Gasteiger partial charge in [0.25, 0.3) is 0 Å². The van der Waals surface area contributed by atoms with Crippen LogP contribution in [0.2, 0.25) is 0 Å². The molecule has 1 aromatic rings. The van der Waals surface area contributed by atoms with E-state index in [1.54, 1.807) is 51.3 Å². The van der Waals surface area contributed by atoms with Gasteiger partial charge in [0.1, 0.15) is 27.3 Å². The second kappa shape index (κ2) is 7.60. The van der Waals surface area contributed by atoms with Crippen molar-refractivity contribution < 1.29 is 19.0 Å². The van der Waals surface area contributed by atoms with Gasteiger partial charge in [-0.3, -0.25) is 4.79 Å². The van der Waals surface area contributed by atoms with E-state index in [9.17, 15) is 4.79 Å². The standard InChI is InChI=1S/C15H17NO4S2/c1-5-21-15-16-11(14(17)22-15)8-10-12(19-3)6-9(18-2)7-13(10)20-4/h6-8H,5H2,1-4H3. The first-order chi connectivity index (χ1) is 10.6. The number of hydrogen-bond acceptors (Lipinski definition) is 7. The predicted molar refractivity (Wildman–Crippen MR) is 92.2 cm³/mol. The number of ether oxygens (including phenoxy) is 3. The molecule has 22 heavy (non-hydrogen) atoms. The summed E-state index contributed by atoms with van der Waals surface area (Å²) in [5.41, 5.74) is 1.06. The molecule has 0 aromatic heterocycles. The molecule has 0 aliphatic carbocycles. The molecule has 1 aliphatic rings. The van der Waals surface area contributed by atoms with Crippen molar-refractivity contribution in [3.63, 3.8) is 0 Å². The van der Waals surface area contributed by atoms with Crippen molar-refractivity contribution >= 4 is 39.1 Å². The minimum Gasteiger partial charge on any atom is -0.496 e. The third-order valence-corrected chi connectivity index (χ3v) is 4.79. The fourth-order valence-electron chi connectivity index (χ4n) is 1.89. The third kappa shape index (κ3) is 3.59. The topological polar surface area (TPSA) is 57.1 Å². The van der Waals surface area contributed by atoms with Crippen molar-refractivity contribution in [3.8, 4) is 17.2 Å². The number of methoxy groups -OCH3 is 3. The summed E-state index contributed by atoms with van der Waals surface area (Å²) in [6, 6.07) is 3.49. The van der Waals surface area contributed by atoms with Crippen LogP contribution in [0.4, 0.5) is 0 Å². The smallest absolute Gasteiger partial charge is 0.244 e. The Morgan fingerprint density at radius 3 is 2.32 bits per heavy atom. The van der Waals surface area contributed by atoms with Crippen LogP contribution in [0.15, 0.2) is 22.8 Å². The summed E-state index contributed by atoms with van der Waals surface area (Å²) >= 11 is 2.70. The fraction of sp³-hybridized carbons (Fsp3) is 0.333. The summed E-state index contributed by atoms with van der Waals surface area (Å²) in [4.78, 5) is 16.4. The molecule has 1 aliphatic heterocycles. The molecule has 7 heteroatoms. The molecule has 2 rings (SSSR count). The van der Waals surface area contributed by atoms with Crippen molar-refractivity contribution in [1.82, 2.24) is 0 Å². The Kier molecular flexibility index (Phi) is 5.79. The average Bonchev–Trinajstić information content (AvgIpc) is 2.87. The van der Waals surface area contributed by atoms with Gasteiger partial charge in [0.2, 0.25) is 5.12 Å². The second-order valence-electron chi connectivity index (χ2n) is 4.18. The van der Waals surface area contributed by atoms with Crippen LogP contribution in [-0.2, 0) is 4.79 Å². The molecule has 0 N–H and O–H groups in total. The number of hydrogen-bond donors (Lipinski definition) is 0. The van der Waals surface area contributed by atoms with E-state index in [1.807, 2.05) is 6.92 Å². The van der Waals surface area contributed by atoms with Crippen LogP contribution < -0.4 is 14.2 Å². The number of benzene rings is 1. The molecule has 0 saturated carbocycles. The maximum absolute atomic E-state index is 12.0. The first kappa shape index (κ1) is 16.8. The molecular weight excluding hydrogens is 322 g/mol. The summed E-state index contributed by atoms with van der Waals surface area (Å²) in [6.45, 7) is 2.02.